The van der Waals surface area contributed by atoms with E-state index in [0.29, 0.717) is 35.4 Å². The lowest BCUT2D eigenvalue weighted by Crippen LogP contribution is -2.69. The lowest BCUT2D eigenvalue weighted by molar-refractivity contribution is -0.229. The first-order valence-corrected chi connectivity index (χ1v) is 15.6. The Bertz CT molecular complexity index is 950. The molecule has 0 aliphatic heterocycles. The average Bonchev–Trinajstić information content (AvgIpc) is 3.14. The summed E-state index contributed by atoms with van der Waals surface area (Å²) in [5.41, 5.74) is 0.0344. The molecule has 0 aromatic carbocycles. The van der Waals surface area contributed by atoms with Crippen molar-refractivity contribution < 1.29 is 14.3 Å². The van der Waals surface area contributed by atoms with Gasteiger partial charge in [0.25, 0.3) is 0 Å². The third-order valence-electron chi connectivity index (χ3n) is 13.6. The van der Waals surface area contributed by atoms with E-state index in [0.717, 1.165) is 25.7 Å². The maximum Gasteiger partial charge on any atom is 0.408 e. The fraction of sp³-hybridized carbons (Fsp3) is 0.939. The number of rotatable bonds is 2. The third-order valence-corrected chi connectivity index (χ3v) is 13.6. The van der Waals surface area contributed by atoms with E-state index >= 15 is 0 Å². The minimum Gasteiger partial charge on any atom is -0.444 e. The normalized spacial score (nSPS) is 48.8. The largest absolute Gasteiger partial charge is 0.444 e. The van der Waals surface area contributed by atoms with Gasteiger partial charge in [-0.1, -0.05) is 48.0 Å². The predicted molar refractivity (Wildman–Crippen MR) is 149 cm³/mol. The topological polar surface area (TPSA) is 55.4 Å². The van der Waals surface area contributed by atoms with Crippen LogP contribution in [0, 0.1) is 51.2 Å². The van der Waals surface area contributed by atoms with Crippen molar-refractivity contribution in [3.63, 3.8) is 0 Å². The van der Waals surface area contributed by atoms with Crippen molar-refractivity contribution in [3.8, 4) is 0 Å². The van der Waals surface area contributed by atoms with Crippen LogP contribution in [-0.4, -0.2) is 23.0 Å². The highest BCUT2D eigenvalue weighted by atomic mass is 16.6. The van der Waals surface area contributed by atoms with E-state index in [1.165, 1.54) is 44.9 Å². The minimum atomic E-state index is -0.475. The van der Waals surface area contributed by atoms with E-state index in [9.17, 15) is 9.59 Å². The van der Waals surface area contributed by atoms with E-state index < -0.39 is 5.60 Å². The first-order chi connectivity index (χ1) is 17.0. The van der Waals surface area contributed by atoms with E-state index in [1.54, 1.807) is 0 Å². The molecule has 4 nitrogen and oxygen atoms in total. The molecule has 5 aliphatic rings. The van der Waals surface area contributed by atoms with E-state index in [1.807, 2.05) is 20.8 Å². The van der Waals surface area contributed by atoms with Crippen LogP contribution in [0.4, 0.5) is 4.79 Å². The summed E-state index contributed by atoms with van der Waals surface area (Å²) in [4.78, 5) is 26.1. The van der Waals surface area contributed by atoms with Crippen LogP contribution in [0.3, 0.4) is 0 Å². The van der Waals surface area contributed by atoms with Crippen LogP contribution in [-0.2, 0) is 9.53 Å². The van der Waals surface area contributed by atoms with Gasteiger partial charge >= 0.3 is 6.09 Å². The molecule has 0 radical (unpaired) electrons. The molecule has 0 bridgehead atoms. The van der Waals surface area contributed by atoms with Gasteiger partial charge in [0.15, 0.2) is 0 Å². The molecular formula is C33H55NO3. The number of alkyl carbamates (subject to hydrolysis) is 1. The van der Waals surface area contributed by atoms with Gasteiger partial charge < -0.3 is 10.1 Å². The second kappa shape index (κ2) is 8.47. The van der Waals surface area contributed by atoms with Crippen molar-refractivity contribution in [3.05, 3.63) is 0 Å². The Labute approximate surface area is 226 Å². The number of nitrogens with one attached hydrogen (secondary N) is 1. The molecule has 37 heavy (non-hydrogen) atoms. The molecule has 1 amide bonds. The van der Waals surface area contributed by atoms with Crippen LogP contribution >= 0.6 is 0 Å². The molecule has 9 atom stereocenters. The Balaban J connectivity index is 1.49. The first kappa shape index (κ1) is 27.5. The zero-order valence-corrected chi connectivity index (χ0v) is 25.4. The molecule has 5 fully saturated rings. The zero-order chi connectivity index (χ0) is 27.2. The summed E-state index contributed by atoms with van der Waals surface area (Å²) in [6.07, 6.45) is 12.4. The second-order valence-electron chi connectivity index (χ2n) is 16.3. The quantitative estimate of drug-likeness (QED) is 0.404. The molecule has 0 aromatic heterocycles. The fourth-order valence-electron chi connectivity index (χ4n) is 11.7. The van der Waals surface area contributed by atoms with Gasteiger partial charge in [-0.3, -0.25) is 4.79 Å². The number of ketones is 1. The molecule has 210 valence electrons. The summed E-state index contributed by atoms with van der Waals surface area (Å²) < 4.78 is 5.80. The Kier molecular flexibility index (Phi) is 6.30. The highest BCUT2D eigenvalue weighted by Gasteiger charge is 2.71. The van der Waals surface area contributed by atoms with Crippen molar-refractivity contribution in [1.29, 1.82) is 0 Å². The molecule has 5 aliphatic carbocycles. The summed E-state index contributed by atoms with van der Waals surface area (Å²) in [6, 6.07) is 0. The monoisotopic (exact) mass is 513 g/mol. The zero-order valence-electron chi connectivity index (χ0n) is 25.4. The van der Waals surface area contributed by atoms with Crippen molar-refractivity contribution in [2.45, 2.75) is 144 Å². The van der Waals surface area contributed by atoms with E-state index in [-0.39, 0.29) is 33.3 Å². The highest BCUT2D eigenvalue weighted by Crippen LogP contribution is 2.76. The highest BCUT2D eigenvalue weighted by molar-refractivity contribution is 5.85. The van der Waals surface area contributed by atoms with Gasteiger partial charge in [0.05, 0.1) is 0 Å². The smallest absolute Gasteiger partial charge is 0.408 e. The number of hydrogen-bond acceptors (Lipinski definition) is 3. The summed E-state index contributed by atoms with van der Waals surface area (Å²) in [6.45, 7) is 20.6. The molecule has 5 rings (SSSR count). The lowest BCUT2D eigenvalue weighted by atomic mass is 9.33. The molecule has 0 spiro atoms. The van der Waals surface area contributed by atoms with Crippen LogP contribution < -0.4 is 5.32 Å². The maximum absolute atomic E-state index is 13.1. The maximum atomic E-state index is 13.1. The van der Waals surface area contributed by atoms with Gasteiger partial charge in [0.1, 0.15) is 11.4 Å². The van der Waals surface area contributed by atoms with Gasteiger partial charge in [0.2, 0.25) is 0 Å². The Morgan fingerprint density at radius 2 is 1.59 bits per heavy atom. The average molecular weight is 514 g/mol. The SMILES string of the molecule is CCC1CCC2(NC(=O)OC(C)(C)C)CCC3(C)C(CCC4C5(C)CCC(=O)C(C)(C)C5CCC43C)C12. The van der Waals surface area contributed by atoms with Crippen molar-refractivity contribution in [2.24, 2.45) is 51.2 Å². The van der Waals surface area contributed by atoms with Crippen molar-refractivity contribution in [1.82, 2.24) is 5.32 Å². The standard InChI is InChI=1S/C33H55NO3/c1-10-21-13-18-33(34-27(36)37-28(2,3)4)20-19-31(8)22(26(21)33)11-12-24-30(7)16-15-25(35)29(5,6)23(30)14-17-32(24,31)9/h21-24,26H,10-20H2,1-9H3,(H,34,36). The van der Waals surface area contributed by atoms with Gasteiger partial charge in [-0.25, -0.2) is 4.79 Å². The molecule has 5 saturated carbocycles. The summed E-state index contributed by atoms with van der Waals surface area (Å²) in [5, 5.41) is 3.52. The van der Waals surface area contributed by atoms with Crippen LogP contribution in [0.5, 0.6) is 0 Å². The van der Waals surface area contributed by atoms with Gasteiger partial charge in [-0.2, -0.15) is 0 Å². The summed E-state index contributed by atoms with van der Waals surface area (Å²) in [5.74, 6) is 3.54. The van der Waals surface area contributed by atoms with Gasteiger partial charge in [-0.15, -0.1) is 0 Å². The second-order valence-corrected chi connectivity index (χ2v) is 16.3. The van der Waals surface area contributed by atoms with Gasteiger partial charge in [-0.05, 0) is 124 Å². The molecule has 9 unspecified atom stereocenters. The molecule has 1 N–H and O–H groups in total. The van der Waals surface area contributed by atoms with Crippen LogP contribution in [0.2, 0.25) is 0 Å². The summed E-state index contributed by atoms with van der Waals surface area (Å²) >= 11 is 0. The van der Waals surface area contributed by atoms with Crippen molar-refractivity contribution in [2.75, 3.05) is 0 Å². The summed E-state index contributed by atoms with van der Waals surface area (Å²) in [7, 11) is 0. The number of ether oxygens (including phenoxy) is 1. The number of carbonyl (C=O) groups excluding carboxylic acids is 2. The number of amides is 1. The van der Waals surface area contributed by atoms with E-state index in [2.05, 4.69) is 46.9 Å². The third kappa shape index (κ3) is 3.80. The Hall–Kier alpha value is -1.06. The fourth-order valence-corrected chi connectivity index (χ4v) is 11.7. The van der Waals surface area contributed by atoms with Crippen LogP contribution in [0.1, 0.15) is 133 Å². The van der Waals surface area contributed by atoms with Crippen LogP contribution in [0.25, 0.3) is 0 Å². The van der Waals surface area contributed by atoms with E-state index in [4.69, 9.17) is 4.74 Å². The first-order valence-electron chi connectivity index (χ1n) is 15.6. The molecule has 4 heteroatoms. The molecular weight excluding hydrogens is 458 g/mol. The predicted octanol–water partition coefficient (Wildman–Crippen LogP) is 8.32. The number of Topliss-reactive ketones (excluding diaryl/α,β-unsaturated/α-hetero) is 1. The molecule has 0 aromatic rings. The number of fused-ring (bicyclic) bond motifs is 7. The molecule has 0 heterocycles. The van der Waals surface area contributed by atoms with Gasteiger partial charge in [0, 0.05) is 17.4 Å². The molecule has 0 saturated heterocycles. The van der Waals surface area contributed by atoms with Crippen molar-refractivity contribution >= 4 is 11.9 Å². The number of hydrogen-bond donors (Lipinski definition) is 1. The van der Waals surface area contributed by atoms with Crippen LogP contribution in [0.15, 0.2) is 0 Å². The number of carbonyl (C=O) groups is 2. The Morgan fingerprint density at radius 1 is 0.892 bits per heavy atom. The lowest BCUT2D eigenvalue weighted by Gasteiger charge is -2.72. The minimum absolute atomic E-state index is 0.114. The Morgan fingerprint density at radius 3 is 2.24 bits per heavy atom.